The van der Waals surface area contributed by atoms with Crippen LogP contribution in [0.4, 0.5) is 24.7 Å². The van der Waals surface area contributed by atoms with Crippen LogP contribution in [0.3, 0.4) is 0 Å². The molecule has 2 aromatic heterocycles. The van der Waals surface area contributed by atoms with E-state index in [1.165, 1.54) is 12.4 Å². The summed E-state index contributed by atoms with van der Waals surface area (Å²) >= 11 is 0. The molecular formula is C16H14F3N5. The average molecular weight is 333 g/mol. The molecule has 1 aliphatic rings. The van der Waals surface area contributed by atoms with Gasteiger partial charge in [-0.05, 0) is 30.0 Å². The minimum Gasteiger partial charge on any atom is -0.377 e. The fourth-order valence-corrected chi connectivity index (χ4v) is 2.14. The Bertz CT molecular complexity index is 781. The van der Waals surface area contributed by atoms with Gasteiger partial charge in [0.1, 0.15) is 17.8 Å². The zero-order valence-corrected chi connectivity index (χ0v) is 12.7. The van der Waals surface area contributed by atoms with Gasteiger partial charge in [0.05, 0.1) is 17.6 Å². The molecule has 1 aliphatic heterocycles. The molecule has 0 unspecified atom stereocenters. The first kappa shape index (κ1) is 16.0. The number of halogens is 3. The fourth-order valence-electron chi connectivity index (χ4n) is 2.14. The second-order valence-electron chi connectivity index (χ2n) is 5.26. The first-order valence-electron chi connectivity index (χ1n) is 7.13. The largest absolute Gasteiger partial charge is 0.433 e. The monoisotopic (exact) mass is 333 g/mol. The van der Waals surface area contributed by atoms with Gasteiger partial charge in [-0.1, -0.05) is 6.08 Å². The Morgan fingerprint density at radius 3 is 2.62 bits per heavy atom. The van der Waals surface area contributed by atoms with E-state index in [1.54, 1.807) is 6.07 Å². The van der Waals surface area contributed by atoms with Crippen molar-refractivity contribution < 1.29 is 13.2 Å². The van der Waals surface area contributed by atoms with Gasteiger partial charge >= 0.3 is 6.18 Å². The molecule has 1 N–H and O–H groups in total. The number of aromatic nitrogens is 3. The smallest absolute Gasteiger partial charge is 0.377 e. The zero-order valence-electron chi connectivity index (χ0n) is 12.7. The lowest BCUT2D eigenvalue weighted by Gasteiger charge is -2.17. The number of pyridine rings is 1. The average Bonchev–Trinajstić information content (AvgIpc) is 2.55. The predicted octanol–water partition coefficient (Wildman–Crippen LogP) is 3.48. The number of nitrogens with zero attached hydrogens (tertiary/aromatic N) is 4. The van der Waals surface area contributed by atoms with Gasteiger partial charge in [-0.2, -0.15) is 13.2 Å². The lowest BCUT2D eigenvalue weighted by molar-refractivity contribution is -0.141. The van der Waals surface area contributed by atoms with E-state index < -0.39 is 11.9 Å². The summed E-state index contributed by atoms with van der Waals surface area (Å²) in [6.07, 6.45) is 4.00. The Hall–Kier alpha value is -2.90. The third-order valence-corrected chi connectivity index (χ3v) is 3.40. The quantitative estimate of drug-likeness (QED) is 0.932. The van der Waals surface area contributed by atoms with Crippen LogP contribution in [-0.4, -0.2) is 33.4 Å². The van der Waals surface area contributed by atoms with Gasteiger partial charge in [-0.3, -0.25) is 0 Å². The highest BCUT2D eigenvalue weighted by Crippen LogP contribution is 2.28. The van der Waals surface area contributed by atoms with Crippen LogP contribution in [0.1, 0.15) is 11.4 Å². The molecule has 2 aromatic rings. The number of likely N-dealkylation sites (N-methyl/N-ethyl adjacent to an activating group) is 1. The van der Waals surface area contributed by atoms with E-state index in [4.69, 9.17) is 0 Å². The zero-order chi connectivity index (χ0) is 17.2. The molecule has 0 amide bonds. The second kappa shape index (κ2) is 6.31. The highest BCUT2D eigenvalue weighted by atomic mass is 19.4. The van der Waals surface area contributed by atoms with E-state index in [2.05, 4.69) is 20.3 Å². The molecule has 0 radical (unpaired) electrons. The molecule has 0 aromatic carbocycles. The van der Waals surface area contributed by atoms with Crippen molar-refractivity contribution in [2.75, 3.05) is 18.9 Å². The van der Waals surface area contributed by atoms with Crippen LogP contribution < -0.4 is 5.32 Å². The van der Waals surface area contributed by atoms with E-state index in [0.29, 0.717) is 11.5 Å². The van der Waals surface area contributed by atoms with Crippen LogP contribution in [0, 0.1) is 0 Å². The van der Waals surface area contributed by atoms with Gasteiger partial charge in [-0.25, -0.2) is 15.0 Å². The molecule has 0 atom stereocenters. The van der Waals surface area contributed by atoms with Crippen LogP contribution in [0.25, 0.3) is 5.57 Å². The maximum absolute atomic E-state index is 12.5. The summed E-state index contributed by atoms with van der Waals surface area (Å²) in [6.45, 7) is 0.779. The standard InChI is InChI=1S/C16H14F3N5/c1-24-6-4-11(5-7-24)13-8-15(22-10-21-13)23-12-2-3-14(20-9-12)16(17,18)19/h2-6,8-10H,7H2,1H3,(H,21,22,23). The van der Waals surface area contributed by atoms with Gasteiger partial charge in [0.25, 0.3) is 0 Å². The Kier molecular flexibility index (Phi) is 4.20. The summed E-state index contributed by atoms with van der Waals surface area (Å²) in [4.78, 5) is 13.7. The van der Waals surface area contributed by atoms with E-state index in [9.17, 15) is 13.2 Å². The molecule has 0 saturated heterocycles. The van der Waals surface area contributed by atoms with E-state index in [1.807, 2.05) is 30.3 Å². The molecule has 0 saturated carbocycles. The number of anilines is 2. The van der Waals surface area contributed by atoms with Crippen LogP contribution in [0.2, 0.25) is 0 Å². The lowest BCUT2D eigenvalue weighted by atomic mass is 10.1. The molecule has 3 rings (SSSR count). The summed E-state index contributed by atoms with van der Waals surface area (Å²) < 4.78 is 37.5. The van der Waals surface area contributed by atoms with Crippen molar-refractivity contribution in [3.05, 3.63) is 60.5 Å². The van der Waals surface area contributed by atoms with E-state index >= 15 is 0 Å². The summed E-state index contributed by atoms with van der Waals surface area (Å²) in [5.74, 6) is 0.481. The normalized spacial score (nSPS) is 14.5. The Morgan fingerprint density at radius 1 is 1.17 bits per heavy atom. The van der Waals surface area contributed by atoms with Crippen molar-refractivity contribution in [2.45, 2.75) is 6.18 Å². The first-order chi connectivity index (χ1) is 11.4. The Balaban J connectivity index is 1.77. The number of rotatable bonds is 3. The number of nitrogens with one attached hydrogen (secondary N) is 1. The minimum absolute atomic E-state index is 0.417. The van der Waals surface area contributed by atoms with Gasteiger partial charge in [-0.15, -0.1) is 0 Å². The van der Waals surface area contributed by atoms with Crippen LogP contribution in [0.15, 0.2) is 49.1 Å². The molecule has 24 heavy (non-hydrogen) atoms. The highest BCUT2D eigenvalue weighted by Gasteiger charge is 2.32. The molecule has 5 nitrogen and oxygen atoms in total. The van der Waals surface area contributed by atoms with Crippen LogP contribution in [-0.2, 0) is 6.18 Å². The number of alkyl halides is 3. The molecule has 0 aliphatic carbocycles. The first-order valence-corrected chi connectivity index (χ1v) is 7.13. The maximum Gasteiger partial charge on any atom is 0.433 e. The van der Waals surface area contributed by atoms with Gasteiger partial charge in [0, 0.05) is 19.7 Å². The molecule has 8 heteroatoms. The van der Waals surface area contributed by atoms with Crippen LogP contribution >= 0.6 is 0 Å². The second-order valence-corrected chi connectivity index (χ2v) is 5.26. The number of hydrogen-bond donors (Lipinski definition) is 1. The predicted molar refractivity (Wildman–Crippen MR) is 84.3 cm³/mol. The van der Waals surface area contributed by atoms with E-state index in [-0.39, 0.29) is 0 Å². The van der Waals surface area contributed by atoms with Crippen molar-refractivity contribution in [1.29, 1.82) is 0 Å². The van der Waals surface area contributed by atoms with Gasteiger partial charge < -0.3 is 10.2 Å². The molecule has 0 bridgehead atoms. The maximum atomic E-state index is 12.5. The molecule has 3 heterocycles. The van der Waals surface area contributed by atoms with Crippen molar-refractivity contribution >= 4 is 17.1 Å². The summed E-state index contributed by atoms with van der Waals surface area (Å²) in [6, 6.07) is 3.97. The number of hydrogen-bond acceptors (Lipinski definition) is 5. The Labute approximate surface area is 136 Å². The summed E-state index contributed by atoms with van der Waals surface area (Å²) in [5, 5.41) is 2.93. The molecular weight excluding hydrogens is 319 g/mol. The topological polar surface area (TPSA) is 53.9 Å². The summed E-state index contributed by atoms with van der Waals surface area (Å²) in [7, 11) is 1.97. The summed E-state index contributed by atoms with van der Waals surface area (Å²) in [5.41, 5.74) is 1.18. The minimum atomic E-state index is -4.45. The molecule has 0 fully saturated rings. The number of allylic oxidation sites excluding steroid dienone is 2. The third-order valence-electron chi connectivity index (χ3n) is 3.40. The van der Waals surface area contributed by atoms with Crippen molar-refractivity contribution in [3.8, 4) is 0 Å². The van der Waals surface area contributed by atoms with E-state index in [0.717, 1.165) is 30.1 Å². The van der Waals surface area contributed by atoms with Crippen molar-refractivity contribution in [2.24, 2.45) is 0 Å². The Morgan fingerprint density at radius 2 is 2.00 bits per heavy atom. The molecule has 124 valence electrons. The molecule has 0 spiro atoms. The van der Waals surface area contributed by atoms with Crippen molar-refractivity contribution in [3.63, 3.8) is 0 Å². The highest BCUT2D eigenvalue weighted by molar-refractivity contribution is 5.74. The van der Waals surface area contributed by atoms with Crippen molar-refractivity contribution in [1.82, 2.24) is 19.9 Å². The van der Waals surface area contributed by atoms with Gasteiger partial charge in [0.15, 0.2) is 0 Å². The fraction of sp³-hybridized carbons (Fsp3) is 0.188. The third kappa shape index (κ3) is 3.70. The lowest BCUT2D eigenvalue weighted by Crippen LogP contribution is -2.13. The SMILES string of the molecule is CN1C=CC(c2cc(Nc3ccc(C(F)(F)F)nc3)ncn2)=CC1. The van der Waals surface area contributed by atoms with Gasteiger partial charge in [0.2, 0.25) is 0 Å². The van der Waals surface area contributed by atoms with Crippen LogP contribution in [0.5, 0.6) is 0 Å².